The maximum absolute atomic E-state index is 13.2. The lowest BCUT2D eigenvalue weighted by Crippen LogP contribution is -2.15. The molecule has 0 saturated carbocycles. The van der Waals surface area contributed by atoms with Gasteiger partial charge in [0.25, 0.3) is 0 Å². The topological polar surface area (TPSA) is 69.0 Å². The molecule has 27 heavy (non-hydrogen) atoms. The third kappa shape index (κ3) is 4.46. The molecule has 6 nitrogen and oxygen atoms in total. The Hall–Kier alpha value is -2.87. The number of nitrogens with zero attached hydrogens (tertiary/aromatic N) is 3. The molecule has 0 atom stereocenters. The summed E-state index contributed by atoms with van der Waals surface area (Å²) < 4.78 is 20.2. The van der Waals surface area contributed by atoms with Crippen LogP contribution in [0.3, 0.4) is 0 Å². The standard InChI is InChI=1S/C19H19FN4O2S/c1-12-4-6-15(8-13(12)2)24-11-21-23-19(24)27-10-18(25)22-16-7-5-14(20)9-17(16)26-3/h4-9,11H,10H2,1-3H3,(H,22,25). The summed E-state index contributed by atoms with van der Waals surface area (Å²) in [7, 11) is 1.42. The molecule has 1 N–H and O–H groups in total. The van der Waals surface area contributed by atoms with Crippen molar-refractivity contribution in [2.45, 2.75) is 19.0 Å². The number of aryl methyl sites for hydroxylation is 2. The van der Waals surface area contributed by atoms with E-state index >= 15 is 0 Å². The first-order valence-electron chi connectivity index (χ1n) is 8.22. The van der Waals surface area contributed by atoms with Crippen LogP contribution in [0.15, 0.2) is 47.9 Å². The average molecular weight is 386 g/mol. The first-order chi connectivity index (χ1) is 13.0. The first kappa shape index (κ1) is 18.9. The maximum atomic E-state index is 13.2. The number of carbonyl (C=O) groups excluding carboxylic acids is 1. The van der Waals surface area contributed by atoms with Crippen LogP contribution >= 0.6 is 11.8 Å². The molecular formula is C19H19FN4O2S. The Kier molecular flexibility index (Phi) is 5.75. The summed E-state index contributed by atoms with van der Waals surface area (Å²) in [4.78, 5) is 12.3. The van der Waals surface area contributed by atoms with Crippen molar-refractivity contribution >= 4 is 23.4 Å². The van der Waals surface area contributed by atoms with Crippen LogP contribution in [0.25, 0.3) is 5.69 Å². The van der Waals surface area contributed by atoms with Gasteiger partial charge < -0.3 is 10.1 Å². The molecular weight excluding hydrogens is 367 g/mol. The van der Waals surface area contributed by atoms with E-state index in [-0.39, 0.29) is 17.4 Å². The Morgan fingerprint density at radius 2 is 2.04 bits per heavy atom. The second-order valence-corrected chi connectivity index (χ2v) is 6.88. The molecule has 1 aromatic heterocycles. The fourth-order valence-electron chi connectivity index (χ4n) is 2.46. The Labute approximate surface area is 160 Å². The van der Waals surface area contributed by atoms with E-state index in [1.54, 1.807) is 6.33 Å². The Morgan fingerprint density at radius 3 is 2.78 bits per heavy atom. The molecule has 0 bridgehead atoms. The predicted molar refractivity (Wildman–Crippen MR) is 103 cm³/mol. The van der Waals surface area contributed by atoms with Gasteiger partial charge in [0.05, 0.1) is 18.6 Å². The van der Waals surface area contributed by atoms with Crippen LogP contribution in [0.1, 0.15) is 11.1 Å². The normalized spacial score (nSPS) is 10.7. The van der Waals surface area contributed by atoms with Crippen molar-refractivity contribution in [3.63, 3.8) is 0 Å². The van der Waals surface area contributed by atoms with Gasteiger partial charge in [-0.05, 0) is 49.2 Å². The van der Waals surface area contributed by atoms with E-state index in [0.717, 1.165) is 5.69 Å². The highest BCUT2D eigenvalue weighted by Gasteiger charge is 2.13. The lowest BCUT2D eigenvalue weighted by atomic mass is 10.1. The van der Waals surface area contributed by atoms with Gasteiger partial charge in [0.15, 0.2) is 5.16 Å². The van der Waals surface area contributed by atoms with Crippen molar-refractivity contribution in [1.29, 1.82) is 0 Å². The summed E-state index contributed by atoms with van der Waals surface area (Å²) in [5, 5.41) is 11.4. The summed E-state index contributed by atoms with van der Waals surface area (Å²) >= 11 is 1.26. The maximum Gasteiger partial charge on any atom is 0.234 e. The number of hydrogen-bond donors (Lipinski definition) is 1. The third-order valence-electron chi connectivity index (χ3n) is 4.06. The number of ether oxygens (including phenoxy) is 1. The zero-order valence-corrected chi connectivity index (χ0v) is 16.0. The second kappa shape index (κ2) is 8.22. The van der Waals surface area contributed by atoms with E-state index in [2.05, 4.69) is 22.4 Å². The van der Waals surface area contributed by atoms with Gasteiger partial charge in [-0.15, -0.1) is 10.2 Å². The molecule has 2 aromatic carbocycles. The van der Waals surface area contributed by atoms with E-state index in [1.165, 1.54) is 48.2 Å². The minimum Gasteiger partial charge on any atom is -0.494 e. The number of hydrogen-bond acceptors (Lipinski definition) is 5. The molecule has 1 amide bonds. The van der Waals surface area contributed by atoms with Gasteiger partial charge in [0.2, 0.25) is 5.91 Å². The molecule has 3 rings (SSSR count). The summed E-state index contributed by atoms with van der Waals surface area (Å²) in [6.07, 6.45) is 1.62. The van der Waals surface area contributed by atoms with Gasteiger partial charge in [-0.25, -0.2) is 4.39 Å². The van der Waals surface area contributed by atoms with Crippen molar-refractivity contribution < 1.29 is 13.9 Å². The SMILES string of the molecule is COc1cc(F)ccc1NC(=O)CSc1nncn1-c1ccc(C)c(C)c1. The monoisotopic (exact) mass is 386 g/mol. The number of anilines is 1. The lowest BCUT2D eigenvalue weighted by Gasteiger charge is -2.11. The van der Waals surface area contributed by atoms with Crippen molar-refractivity contribution in [2.24, 2.45) is 0 Å². The number of amides is 1. The highest BCUT2D eigenvalue weighted by atomic mass is 32.2. The van der Waals surface area contributed by atoms with Crippen LogP contribution in [-0.4, -0.2) is 33.5 Å². The van der Waals surface area contributed by atoms with Crippen molar-refractivity contribution in [1.82, 2.24) is 14.8 Å². The number of halogens is 1. The van der Waals surface area contributed by atoms with Crippen LogP contribution in [0, 0.1) is 19.7 Å². The van der Waals surface area contributed by atoms with E-state index in [9.17, 15) is 9.18 Å². The zero-order valence-electron chi connectivity index (χ0n) is 15.2. The van der Waals surface area contributed by atoms with Crippen LogP contribution in [0.5, 0.6) is 5.75 Å². The molecule has 0 radical (unpaired) electrons. The molecule has 0 aliphatic carbocycles. The van der Waals surface area contributed by atoms with Crippen LogP contribution in [0.4, 0.5) is 10.1 Å². The number of carbonyl (C=O) groups is 1. The fraction of sp³-hybridized carbons (Fsp3) is 0.211. The molecule has 0 aliphatic rings. The Balaban J connectivity index is 1.68. The molecule has 0 saturated heterocycles. The fourth-order valence-corrected chi connectivity index (χ4v) is 3.19. The number of aromatic nitrogens is 3. The molecule has 140 valence electrons. The predicted octanol–water partition coefficient (Wildman–Crippen LogP) is 3.76. The number of nitrogens with one attached hydrogen (secondary N) is 1. The Morgan fingerprint density at radius 1 is 1.22 bits per heavy atom. The van der Waals surface area contributed by atoms with Gasteiger partial charge >= 0.3 is 0 Å². The van der Waals surface area contributed by atoms with E-state index in [4.69, 9.17) is 4.74 Å². The zero-order chi connectivity index (χ0) is 19.4. The summed E-state index contributed by atoms with van der Waals surface area (Å²) in [5.41, 5.74) is 3.72. The minimum absolute atomic E-state index is 0.129. The van der Waals surface area contributed by atoms with Crippen LogP contribution in [-0.2, 0) is 4.79 Å². The quantitative estimate of drug-likeness (QED) is 0.653. The van der Waals surface area contributed by atoms with E-state index in [0.29, 0.717) is 10.8 Å². The van der Waals surface area contributed by atoms with Gasteiger partial charge in [-0.1, -0.05) is 17.8 Å². The van der Waals surface area contributed by atoms with Crippen molar-refractivity contribution in [2.75, 3.05) is 18.2 Å². The summed E-state index contributed by atoms with van der Waals surface area (Å²) in [6, 6.07) is 10.0. The lowest BCUT2D eigenvalue weighted by molar-refractivity contribution is -0.113. The van der Waals surface area contributed by atoms with Gasteiger partial charge in [0, 0.05) is 11.8 Å². The first-order valence-corrected chi connectivity index (χ1v) is 9.20. The van der Waals surface area contributed by atoms with Crippen molar-refractivity contribution in [3.05, 3.63) is 59.7 Å². The molecule has 3 aromatic rings. The second-order valence-electron chi connectivity index (χ2n) is 5.93. The molecule has 8 heteroatoms. The van der Waals surface area contributed by atoms with E-state index in [1.807, 2.05) is 29.7 Å². The average Bonchev–Trinajstić information content (AvgIpc) is 3.12. The highest BCUT2D eigenvalue weighted by Crippen LogP contribution is 2.26. The minimum atomic E-state index is -0.430. The molecule has 0 unspecified atom stereocenters. The molecule has 0 aliphatic heterocycles. The van der Waals surface area contributed by atoms with Gasteiger partial charge in [0.1, 0.15) is 17.9 Å². The number of methoxy groups -OCH3 is 1. The number of benzene rings is 2. The van der Waals surface area contributed by atoms with Gasteiger partial charge in [-0.3, -0.25) is 9.36 Å². The molecule has 0 spiro atoms. The van der Waals surface area contributed by atoms with Crippen molar-refractivity contribution in [3.8, 4) is 11.4 Å². The van der Waals surface area contributed by atoms with Crippen LogP contribution in [0.2, 0.25) is 0 Å². The number of rotatable bonds is 6. The molecule has 1 heterocycles. The van der Waals surface area contributed by atoms with Gasteiger partial charge in [-0.2, -0.15) is 0 Å². The largest absolute Gasteiger partial charge is 0.494 e. The van der Waals surface area contributed by atoms with Crippen LogP contribution < -0.4 is 10.1 Å². The third-order valence-corrected chi connectivity index (χ3v) is 5.00. The molecule has 0 fully saturated rings. The smallest absolute Gasteiger partial charge is 0.234 e. The number of thioether (sulfide) groups is 1. The van der Waals surface area contributed by atoms with E-state index < -0.39 is 5.82 Å². The Bertz CT molecular complexity index is 974. The highest BCUT2D eigenvalue weighted by molar-refractivity contribution is 7.99. The summed E-state index contributed by atoms with van der Waals surface area (Å²) in [6.45, 7) is 4.09. The summed E-state index contributed by atoms with van der Waals surface area (Å²) in [5.74, 6) is -0.281.